The van der Waals surface area contributed by atoms with Crippen molar-refractivity contribution in [2.24, 2.45) is 0 Å². The molecule has 2 rings (SSSR count). The Morgan fingerprint density at radius 3 is 2.86 bits per heavy atom. The highest BCUT2D eigenvalue weighted by Gasteiger charge is 2.14. The molecule has 5 heteroatoms. The van der Waals surface area contributed by atoms with Crippen molar-refractivity contribution >= 4 is 23.0 Å². The van der Waals surface area contributed by atoms with Crippen LogP contribution in [0, 0.1) is 6.92 Å². The van der Waals surface area contributed by atoms with Crippen molar-refractivity contribution in [3.05, 3.63) is 34.3 Å². The van der Waals surface area contributed by atoms with Gasteiger partial charge in [0.05, 0.1) is 0 Å². The number of anilines is 2. The molecule has 114 valence electrons. The lowest BCUT2D eigenvalue weighted by atomic mass is 10.2. The summed E-state index contributed by atoms with van der Waals surface area (Å²) in [6.45, 7) is 7.26. The largest absolute Gasteiger partial charge is 0.370 e. The molecule has 0 aliphatic rings. The molecule has 0 radical (unpaired) electrons. The first-order valence-electron chi connectivity index (χ1n) is 7.45. The quantitative estimate of drug-likeness (QED) is 0.846. The fourth-order valence-corrected chi connectivity index (χ4v) is 2.99. The Bertz CT molecular complexity index is 553. The van der Waals surface area contributed by atoms with Crippen LogP contribution in [-0.4, -0.2) is 29.6 Å². The highest BCUT2D eigenvalue weighted by Crippen LogP contribution is 2.20. The summed E-state index contributed by atoms with van der Waals surface area (Å²) in [6.07, 6.45) is 2.12. The third-order valence-electron chi connectivity index (χ3n) is 3.48. The fourth-order valence-electron chi connectivity index (χ4n) is 2.16. The van der Waals surface area contributed by atoms with E-state index in [0.717, 1.165) is 36.8 Å². The summed E-state index contributed by atoms with van der Waals surface area (Å²) >= 11 is 1.81. The zero-order chi connectivity index (χ0) is 15.2. The lowest BCUT2D eigenvalue weighted by molar-refractivity contribution is 0.678. The van der Waals surface area contributed by atoms with E-state index in [9.17, 15) is 0 Å². The van der Waals surface area contributed by atoms with Crippen molar-refractivity contribution in [2.75, 3.05) is 23.8 Å². The Morgan fingerprint density at radius 1 is 1.38 bits per heavy atom. The first kappa shape index (κ1) is 15.8. The van der Waals surface area contributed by atoms with Crippen molar-refractivity contribution in [3.8, 4) is 0 Å². The number of nitrogens with zero attached hydrogens (tertiary/aromatic N) is 3. The van der Waals surface area contributed by atoms with Gasteiger partial charge in [-0.05, 0) is 31.7 Å². The molecule has 4 nitrogen and oxygen atoms in total. The third kappa shape index (κ3) is 4.43. The number of likely N-dealkylation sites (N-methyl/N-ethyl adjacent to an activating group) is 1. The van der Waals surface area contributed by atoms with E-state index < -0.39 is 0 Å². The molecule has 1 unspecified atom stereocenters. The Labute approximate surface area is 131 Å². The number of rotatable bonds is 7. The fraction of sp³-hybridized carbons (Fsp3) is 0.500. The van der Waals surface area contributed by atoms with Gasteiger partial charge in [-0.15, -0.1) is 11.3 Å². The van der Waals surface area contributed by atoms with Gasteiger partial charge in [-0.3, -0.25) is 0 Å². The van der Waals surface area contributed by atoms with Crippen molar-refractivity contribution in [2.45, 2.75) is 39.7 Å². The molecular formula is C16H24N4S. The number of hydrogen-bond donors (Lipinski definition) is 1. The second kappa shape index (κ2) is 7.41. The molecule has 0 spiro atoms. The van der Waals surface area contributed by atoms with Crippen molar-refractivity contribution in [1.29, 1.82) is 0 Å². The summed E-state index contributed by atoms with van der Waals surface area (Å²) < 4.78 is 0. The molecule has 0 bridgehead atoms. The molecule has 0 saturated carbocycles. The van der Waals surface area contributed by atoms with E-state index in [1.807, 2.05) is 24.3 Å². The van der Waals surface area contributed by atoms with Crippen LogP contribution in [0.1, 0.15) is 31.0 Å². The summed E-state index contributed by atoms with van der Waals surface area (Å²) in [7, 11) is 2.10. The average molecular weight is 304 g/mol. The molecule has 0 aromatic carbocycles. The van der Waals surface area contributed by atoms with Gasteiger partial charge in [0.1, 0.15) is 17.5 Å². The lowest BCUT2D eigenvalue weighted by Crippen LogP contribution is -2.31. The number of hydrogen-bond acceptors (Lipinski definition) is 5. The zero-order valence-corrected chi connectivity index (χ0v) is 14.1. The Kier molecular flexibility index (Phi) is 5.56. The normalized spacial score (nSPS) is 12.2. The minimum Gasteiger partial charge on any atom is -0.370 e. The molecule has 2 aromatic heterocycles. The summed E-state index contributed by atoms with van der Waals surface area (Å²) in [5, 5.41) is 5.47. The number of aromatic nitrogens is 2. The highest BCUT2D eigenvalue weighted by atomic mass is 32.1. The van der Waals surface area contributed by atoms with Crippen LogP contribution < -0.4 is 10.2 Å². The van der Waals surface area contributed by atoms with Crippen LogP contribution in [0.15, 0.2) is 23.6 Å². The predicted octanol–water partition coefficient (Wildman–Crippen LogP) is 3.74. The van der Waals surface area contributed by atoms with Crippen LogP contribution in [0.3, 0.4) is 0 Å². The lowest BCUT2D eigenvalue weighted by Gasteiger charge is -2.26. The van der Waals surface area contributed by atoms with E-state index in [1.165, 1.54) is 4.88 Å². The van der Waals surface area contributed by atoms with Gasteiger partial charge in [-0.25, -0.2) is 9.97 Å². The Balaban J connectivity index is 2.10. The van der Waals surface area contributed by atoms with E-state index >= 15 is 0 Å². The number of thiophene rings is 1. The van der Waals surface area contributed by atoms with E-state index in [0.29, 0.717) is 6.04 Å². The van der Waals surface area contributed by atoms with E-state index in [-0.39, 0.29) is 0 Å². The molecule has 0 aliphatic heterocycles. The van der Waals surface area contributed by atoms with Crippen LogP contribution in [0.5, 0.6) is 0 Å². The maximum atomic E-state index is 4.57. The minimum absolute atomic E-state index is 0.400. The summed E-state index contributed by atoms with van der Waals surface area (Å²) in [5.41, 5.74) is 0. The van der Waals surface area contributed by atoms with E-state index in [2.05, 4.69) is 58.6 Å². The van der Waals surface area contributed by atoms with Crippen LogP contribution >= 0.6 is 11.3 Å². The van der Waals surface area contributed by atoms with Gasteiger partial charge in [0.15, 0.2) is 0 Å². The van der Waals surface area contributed by atoms with Gasteiger partial charge in [0.25, 0.3) is 0 Å². The molecule has 1 atom stereocenters. The van der Waals surface area contributed by atoms with Crippen molar-refractivity contribution in [1.82, 2.24) is 9.97 Å². The SMILES string of the molecule is CCCNc1cc(N(C)C(C)Cc2cccs2)nc(C)n1. The molecule has 0 amide bonds. The van der Waals surface area contributed by atoms with Crippen LogP contribution in [0.4, 0.5) is 11.6 Å². The van der Waals surface area contributed by atoms with Crippen LogP contribution in [0.2, 0.25) is 0 Å². The molecule has 2 heterocycles. The predicted molar refractivity (Wildman–Crippen MR) is 91.4 cm³/mol. The molecule has 0 saturated heterocycles. The van der Waals surface area contributed by atoms with Crippen LogP contribution in [-0.2, 0) is 6.42 Å². The maximum absolute atomic E-state index is 4.57. The maximum Gasteiger partial charge on any atom is 0.134 e. The minimum atomic E-state index is 0.400. The second-order valence-electron chi connectivity index (χ2n) is 5.33. The van der Waals surface area contributed by atoms with E-state index in [1.54, 1.807) is 0 Å². The van der Waals surface area contributed by atoms with Gasteiger partial charge in [0, 0.05) is 37.0 Å². The van der Waals surface area contributed by atoms with Crippen molar-refractivity contribution in [3.63, 3.8) is 0 Å². The molecular weight excluding hydrogens is 280 g/mol. The average Bonchev–Trinajstić information content (AvgIpc) is 2.96. The van der Waals surface area contributed by atoms with Gasteiger partial charge in [-0.1, -0.05) is 13.0 Å². The molecule has 0 aliphatic carbocycles. The second-order valence-corrected chi connectivity index (χ2v) is 6.36. The summed E-state index contributed by atoms with van der Waals surface area (Å²) in [5.74, 6) is 2.70. The van der Waals surface area contributed by atoms with Crippen LogP contribution in [0.25, 0.3) is 0 Å². The first-order chi connectivity index (χ1) is 10.1. The third-order valence-corrected chi connectivity index (χ3v) is 4.38. The Morgan fingerprint density at radius 2 is 2.19 bits per heavy atom. The number of aryl methyl sites for hydroxylation is 1. The zero-order valence-electron chi connectivity index (χ0n) is 13.3. The number of nitrogens with one attached hydrogen (secondary N) is 1. The van der Waals surface area contributed by atoms with Gasteiger partial charge in [-0.2, -0.15) is 0 Å². The molecule has 0 fully saturated rings. The monoisotopic (exact) mass is 304 g/mol. The first-order valence-corrected chi connectivity index (χ1v) is 8.33. The van der Waals surface area contributed by atoms with Gasteiger partial charge >= 0.3 is 0 Å². The smallest absolute Gasteiger partial charge is 0.134 e. The molecule has 2 aromatic rings. The standard InChI is InChI=1S/C16H24N4S/c1-5-8-17-15-11-16(19-13(3)18-15)20(4)12(2)10-14-7-6-9-21-14/h6-7,9,11-12H,5,8,10H2,1-4H3,(H,17,18,19). The van der Waals surface area contributed by atoms with Gasteiger partial charge in [0.2, 0.25) is 0 Å². The topological polar surface area (TPSA) is 41.0 Å². The summed E-state index contributed by atoms with van der Waals surface area (Å²) in [6, 6.07) is 6.73. The van der Waals surface area contributed by atoms with E-state index in [4.69, 9.17) is 0 Å². The molecule has 1 N–H and O–H groups in total. The summed E-state index contributed by atoms with van der Waals surface area (Å²) in [4.78, 5) is 12.6. The van der Waals surface area contributed by atoms with Crippen molar-refractivity contribution < 1.29 is 0 Å². The Hall–Kier alpha value is -1.62. The highest BCUT2D eigenvalue weighted by molar-refractivity contribution is 7.09. The van der Waals surface area contributed by atoms with Gasteiger partial charge < -0.3 is 10.2 Å². The molecule has 21 heavy (non-hydrogen) atoms.